The largest absolute Gasteiger partial charge is 0.477 e. The maximum Gasteiger partial charge on any atom is 0.354 e. The molecule has 0 saturated carbocycles. The van der Waals surface area contributed by atoms with E-state index in [4.69, 9.17) is 16.7 Å². The molecule has 0 aromatic carbocycles. The van der Waals surface area contributed by atoms with Crippen LogP contribution in [0.5, 0.6) is 0 Å². The molecule has 1 N–H and O–H groups in total. The van der Waals surface area contributed by atoms with E-state index < -0.39 is 41.0 Å². The first-order chi connectivity index (χ1) is 6.97. The predicted octanol–water partition coefficient (Wildman–Crippen LogP) is 2.60. The first-order valence-electron chi connectivity index (χ1n) is 3.74. The number of carbonyl (C=O) groups is 1. The number of pyridine rings is 1. The van der Waals surface area contributed by atoms with Gasteiger partial charge in [0.25, 0.3) is 6.43 Å². The Hall–Kier alpha value is -1.30. The standard InChI is InChI=1S/C8H5ClF3NO2/c9-2-5-6(10)3(7(11)12)1-4(13-5)8(14)15/h1,7H,2H2,(H,14,15). The number of hydrogen-bond donors (Lipinski definition) is 1. The van der Waals surface area contributed by atoms with Gasteiger partial charge in [0.1, 0.15) is 5.69 Å². The van der Waals surface area contributed by atoms with Gasteiger partial charge in [0.15, 0.2) is 5.82 Å². The Balaban J connectivity index is 3.38. The Morgan fingerprint density at radius 2 is 2.20 bits per heavy atom. The van der Waals surface area contributed by atoms with Crippen molar-refractivity contribution in [2.75, 3.05) is 0 Å². The molecular weight excluding hydrogens is 235 g/mol. The molecule has 0 atom stereocenters. The zero-order chi connectivity index (χ0) is 11.6. The van der Waals surface area contributed by atoms with Gasteiger partial charge in [-0.1, -0.05) is 0 Å². The van der Waals surface area contributed by atoms with Gasteiger partial charge in [-0.15, -0.1) is 11.6 Å². The number of aromatic nitrogens is 1. The van der Waals surface area contributed by atoms with Gasteiger partial charge in [-0.3, -0.25) is 0 Å². The zero-order valence-electron chi connectivity index (χ0n) is 7.18. The number of carboxylic acid groups (broad SMARTS) is 1. The average Bonchev–Trinajstić information content (AvgIpc) is 2.17. The second-order valence-corrected chi connectivity index (χ2v) is 2.86. The topological polar surface area (TPSA) is 50.2 Å². The third-order valence-electron chi connectivity index (χ3n) is 1.64. The second-order valence-electron chi connectivity index (χ2n) is 2.60. The number of halogens is 4. The van der Waals surface area contributed by atoms with E-state index in [1.807, 2.05) is 0 Å². The third-order valence-corrected chi connectivity index (χ3v) is 1.89. The van der Waals surface area contributed by atoms with E-state index in [1.54, 1.807) is 0 Å². The monoisotopic (exact) mass is 239 g/mol. The summed E-state index contributed by atoms with van der Waals surface area (Å²) in [5.74, 6) is -3.24. The predicted molar refractivity (Wildman–Crippen MR) is 45.7 cm³/mol. The fraction of sp³-hybridized carbons (Fsp3) is 0.250. The van der Waals surface area contributed by atoms with Crippen LogP contribution in [0.3, 0.4) is 0 Å². The summed E-state index contributed by atoms with van der Waals surface area (Å²) >= 11 is 5.25. The zero-order valence-corrected chi connectivity index (χ0v) is 7.93. The molecule has 1 aromatic heterocycles. The van der Waals surface area contributed by atoms with E-state index in [-0.39, 0.29) is 0 Å². The molecule has 0 spiro atoms. The van der Waals surface area contributed by atoms with Gasteiger partial charge >= 0.3 is 5.97 Å². The Morgan fingerprint density at radius 3 is 2.60 bits per heavy atom. The summed E-state index contributed by atoms with van der Waals surface area (Å²) in [5.41, 5.74) is -2.15. The number of alkyl halides is 3. The maximum absolute atomic E-state index is 13.1. The fourth-order valence-electron chi connectivity index (χ4n) is 0.961. The van der Waals surface area contributed by atoms with Crippen LogP contribution in [0.4, 0.5) is 13.2 Å². The van der Waals surface area contributed by atoms with Crippen molar-refractivity contribution >= 4 is 17.6 Å². The van der Waals surface area contributed by atoms with Crippen LogP contribution < -0.4 is 0 Å². The van der Waals surface area contributed by atoms with Crippen molar-refractivity contribution in [2.24, 2.45) is 0 Å². The Labute approximate surface area is 87.5 Å². The average molecular weight is 240 g/mol. The fourth-order valence-corrected chi connectivity index (χ4v) is 1.14. The molecule has 0 fully saturated rings. The van der Waals surface area contributed by atoms with Gasteiger partial charge in [-0.05, 0) is 6.07 Å². The van der Waals surface area contributed by atoms with Crippen LogP contribution in [0, 0.1) is 5.82 Å². The highest BCUT2D eigenvalue weighted by molar-refractivity contribution is 6.16. The Bertz CT molecular complexity index is 398. The van der Waals surface area contributed by atoms with Crippen molar-refractivity contribution in [3.05, 3.63) is 28.8 Å². The van der Waals surface area contributed by atoms with Crippen molar-refractivity contribution in [1.82, 2.24) is 4.98 Å². The summed E-state index contributed by atoms with van der Waals surface area (Å²) in [6, 6.07) is 0.498. The van der Waals surface area contributed by atoms with Crippen molar-refractivity contribution in [2.45, 2.75) is 12.3 Å². The highest BCUT2D eigenvalue weighted by Crippen LogP contribution is 2.25. The molecule has 3 nitrogen and oxygen atoms in total. The Morgan fingerprint density at radius 1 is 1.60 bits per heavy atom. The molecule has 0 unspecified atom stereocenters. The van der Waals surface area contributed by atoms with E-state index in [9.17, 15) is 18.0 Å². The lowest BCUT2D eigenvalue weighted by atomic mass is 10.2. The molecule has 0 amide bonds. The summed E-state index contributed by atoms with van der Waals surface area (Å²) < 4.78 is 37.7. The molecule has 82 valence electrons. The number of carboxylic acids is 1. The minimum absolute atomic E-state index is 0.466. The van der Waals surface area contributed by atoms with Crippen molar-refractivity contribution < 1.29 is 23.1 Å². The molecule has 0 bridgehead atoms. The number of nitrogens with zero attached hydrogens (tertiary/aromatic N) is 1. The minimum Gasteiger partial charge on any atom is -0.477 e. The van der Waals surface area contributed by atoms with Crippen LogP contribution in [-0.4, -0.2) is 16.1 Å². The van der Waals surface area contributed by atoms with Crippen LogP contribution in [0.2, 0.25) is 0 Å². The SMILES string of the molecule is O=C(O)c1cc(C(F)F)c(F)c(CCl)n1. The molecule has 0 aliphatic heterocycles. The quantitative estimate of drug-likeness (QED) is 0.825. The lowest BCUT2D eigenvalue weighted by Gasteiger charge is -2.06. The van der Waals surface area contributed by atoms with E-state index in [0.717, 1.165) is 0 Å². The number of rotatable bonds is 3. The molecule has 1 rings (SSSR count). The van der Waals surface area contributed by atoms with Crippen LogP contribution in [0.1, 0.15) is 28.2 Å². The maximum atomic E-state index is 13.1. The molecule has 7 heteroatoms. The molecular formula is C8H5ClF3NO2. The van der Waals surface area contributed by atoms with Gasteiger partial charge in [-0.25, -0.2) is 22.9 Å². The van der Waals surface area contributed by atoms with E-state index in [2.05, 4.69) is 4.98 Å². The van der Waals surface area contributed by atoms with E-state index in [0.29, 0.717) is 6.07 Å². The summed E-state index contributed by atoms with van der Waals surface area (Å²) in [7, 11) is 0. The lowest BCUT2D eigenvalue weighted by molar-refractivity contribution is 0.0689. The molecule has 1 heterocycles. The molecule has 0 aliphatic carbocycles. The highest BCUT2D eigenvalue weighted by atomic mass is 35.5. The normalized spacial score (nSPS) is 10.7. The number of aromatic carboxylic acids is 1. The van der Waals surface area contributed by atoms with Crippen molar-refractivity contribution in [1.29, 1.82) is 0 Å². The summed E-state index contributed by atoms with van der Waals surface area (Å²) in [4.78, 5) is 13.8. The lowest BCUT2D eigenvalue weighted by Crippen LogP contribution is -2.08. The van der Waals surface area contributed by atoms with E-state index in [1.165, 1.54) is 0 Å². The van der Waals surface area contributed by atoms with Gasteiger partial charge < -0.3 is 5.11 Å². The molecule has 0 aliphatic rings. The smallest absolute Gasteiger partial charge is 0.354 e. The highest BCUT2D eigenvalue weighted by Gasteiger charge is 2.21. The van der Waals surface area contributed by atoms with Gasteiger partial charge in [-0.2, -0.15) is 0 Å². The van der Waals surface area contributed by atoms with Crippen LogP contribution >= 0.6 is 11.6 Å². The summed E-state index contributed by atoms with van der Waals surface area (Å²) in [5, 5.41) is 8.53. The van der Waals surface area contributed by atoms with E-state index >= 15 is 0 Å². The van der Waals surface area contributed by atoms with Crippen molar-refractivity contribution in [3.8, 4) is 0 Å². The molecule has 1 aromatic rings. The minimum atomic E-state index is -3.10. The first-order valence-corrected chi connectivity index (χ1v) is 4.27. The van der Waals surface area contributed by atoms with Crippen molar-refractivity contribution in [3.63, 3.8) is 0 Å². The summed E-state index contributed by atoms with van der Waals surface area (Å²) in [6.07, 6.45) is -3.10. The number of hydrogen-bond acceptors (Lipinski definition) is 2. The first kappa shape index (κ1) is 11.8. The second kappa shape index (κ2) is 4.48. The Kier molecular flexibility index (Phi) is 3.52. The van der Waals surface area contributed by atoms with Gasteiger partial charge in [0.2, 0.25) is 0 Å². The van der Waals surface area contributed by atoms with Crippen LogP contribution in [0.15, 0.2) is 6.07 Å². The van der Waals surface area contributed by atoms with Gasteiger partial charge in [0, 0.05) is 0 Å². The van der Waals surface area contributed by atoms with Gasteiger partial charge in [0.05, 0.1) is 17.1 Å². The van der Waals surface area contributed by atoms with Crippen LogP contribution in [0.25, 0.3) is 0 Å². The molecule has 0 radical (unpaired) electrons. The third kappa shape index (κ3) is 2.38. The van der Waals surface area contributed by atoms with Crippen LogP contribution in [-0.2, 0) is 5.88 Å². The summed E-state index contributed by atoms with van der Waals surface area (Å²) in [6.45, 7) is 0. The molecule has 15 heavy (non-hydrogen) atoms. The molecule has 0 saturated heterocycles.